The maximum Gasteiger partial charge on any atom is 0.117 e. The van der Waals surface area contributed by atoms with Gasteiger partial charge < -0.3 is 9.15 Å². The summed E-state index contributed by atoms with van der Waals surface area (Å²) >= 11 is 0. The van der Waals surface area contributed by atoms with Crippen LogP contribution in [0.2, 0.25) is 0 Å². The molecule has 24 heavy (non-hydrogen) atoms. The van der Waals surface area contributed by atoms with Crippen LogP contribution in [-0.4, -0.2) is 54.2 Å². The molecule has 0 aliphatic carbocycles. The fourth-order valence-corrected chi connectivity index (χ4v) is 3.97. The molecular weight excluding hydrogens is 302 g/mol. The molecule has 1 spiro atoms. The zero-order chi connectivity index (χ0) is 16.2. The number of ether oxygens (including phenoxy) is 1. The first-order chi connectivity index (χ1) is 11.8. The van der Waals surface area contributed by atoms with Crippen LogP contribution in [0.15, 0.2) is 47.2 Å². The Labute approximate surface area is 143 Å². The number of likely N-dealkylation sites (tertiary alicyclic amines) is 1. The van der Waals surface area contributed by atoms with Gasteiger partial charge in [0.15, 0.2) is 0 Å². The third kappa shape index (κ3) is 3.69. The molecule has 128 valence electrons. The van der Waals surface area contributed by atoms with Gasteiger partial charge in [0.2, 0.25) is 0 Å². The lowest BCUT2D eigenvalue weighted by molar-refractivity contribution is 0.0700. The predicted molar refractivity (Wildman–Crippen MR) is 91.4 cm³/mol. The third-order valence-electron chi connectivity index (χ3n) is 5.11. The van der Waals surface area contributed by atoms with Crippen LogP contribution in [0.25, 0.3) is 0 Å². The first-order valence-corrected chi connectivity index (χ1v) is 8.76. The van der Waals surface area contributed by atoms with Crippen molar-refractivity contribution >= 4 is 0 Å². The number of rotatable bonds is 4. The maximum absolute atomic E-state index is 5.97. The topological polar surface area (TPSA) is 41.7 Å². The van der Waals surface area contributed by atoms with E-state index in [1.807, 2.05) is 18.3 Å². The van der Waals surface area contributed by atoms with Crippen molar-refractivity contribution in [2.24, 2.45) is 5.41 Å². The second-order valence-corrected chi connectivity index (χ2v) is 7.12. The van der Waals surface area contributed by atoms with Gasteiger partial charge in [-0.3, -0.25) is 14.8 Å². The van der Waals surface area contributed by atoms with E-state index in [1.54, 1.807) is 6.26 Å². The third-order valence-corrected chi connectivity index (χ3v) is 5.11. The summed E-state index contributed by atoms with van der Waals surface area (Å²) in [6, 6.07) is 10.2. The van der Waals surface area contributed by atoms with Crippen LogP contribution in [-0.2, 0) is 17.8 Å². The van der Waals surface area contributed by atoms with Crippen LogP contribution in [0.5, 0.6) is 0 Å². The van der Waals surface area contributed by atoms with Crippen LogP contribution in [0.3, 0.4) is 0 Å². The van der Waals surface area contributed by atoms with Crippen LogP contribution < -0.4 is 0 Å². The molecule has 0 unspecified atom stereocenters. The normalized spacial score (nSPS) is 26.0. The summed E-state index contributed by atoms with van der Waals surface area (Å²) in [6.07, 6.45) is 4.82. The SMILES string of the molecule is c1ccc(CN2CCOC[C@]3(CCN(Cc4ccco4)C3)C2)nc1. The summed E-state index contributed by atoms with van der Waals surface area (Å²) in [5.74, 6) is 1.05. The number of aromatic nitrogens is 1. The minimum atomic E-state index is 0.234. The average molecular weight is 327 g/mol. The highest BCUT2D eigenvalue weighted by Gasteiger charge is 2.41. The highest BCUT2D eigenvalue weighted by molar-refractivity contribution is 5.05. The Morgan fingerprint density at radius 2 is 1.96 bits per heavy atom. The highest BCUT2D eigenvalue weighted by atomic mass is 16.5. The van der Waals surface area contributed by atoms with Gasteiger partial charge in [-0.05, 0) is 37.2 Å². The number of pyridine rings is 1. The molecule has 0 radical (unpaired) electrons. The molecule has 1 atom stereocenters. The molecular formula is C19H25N3O2. The summed E-state index contributed by atoms with van der Waals surface area (Å²) in [5.41, 5.74) is 1.37. The van der Waals surface area contributed by atoms with Crippen molar-refractivity contribution in [3.8, 4) is 0 Å². The van der Waals surface area contributed by atoms with Gasteiger partial charge in [0.1, 0.15) is 5.76 Å². The molecule has 0 amide bonds. The van der Waals surface area contributed by atoms with Crippen molar-refractivity contribution in [2.75, 3.05) is 39.4 Å². The summed E-state index contributed by atoms with van der Waals surface area (Å²) in [7, 11) is 0. The van der Waals surface area contributed by atoms with Crippen LogP contribution in [0.1, 0.15) is 17.9 Å². The molecule has 2 aliphatic rings. The van der Waals surface area contributed by atoms with E-state index in [9.17, 15) is 0 Å². The molecule has 0 saturated carbocycles. The molecule has 2 saturated heterocycles. The number of furan rings is 1. The second-order valence-electron chi connectivity index (χ2n) is 7.12. The molecule has 5 heteroatoms. The number of hydrogen-bond acceptors (Lipinski definition) is 5. The largest absolute Gasteiger partial charge is 0.468 e. The minimum absolute atomic E-state index is 0.234. The zero-order valence-corrected chi connectivity index (χ0v) is 14.1. The molecule has 2 aromatic rings. The standard InChI is InChI=1S/C19H25N3O2/c1-2-7-20-17(4-1)12-22-9-11-23-16-19(15-22)6-8-21(14-19)13-18-5-3-10-24-18/h1-5,7,10H,6,8-9,11-16H2/t19-/m0/s1. The second kappa shape index (κ2) is 7.05. The first kappa shape index (κ1) is 15.8. The molecule has 0 N–H and O–H groups in total. The quantitative estimate of drug-likeness (QED) is 0.862. The average Bonchev–Trinajstić information content (AvgIpc) is 3.19. The summed E-state index contributed by atoms with van der Waals surface area (Å²) < 4.78 is 11.5. The van der Waals surface area contributed by atoms with Crippen molar-refractivity contribution in [3.63, 3.8) is 0 Å². The maximum atomic E-state index is 5.97. The van der Waals surface area contributed by atoms with E-state index in [0.717, 1.165) is 63.9 Å². The Hall–Kier alpha value is -1.69. The number of nitrogens with zero attached hydrogens (tertiary/aromatic N) is 3. The Morgan fingerprint density at radius 1 is 1.04 bits per heavy atom. The Kier molecular flexibility index (Phi) is 4.65. The predicted octanol–water partition coefficient (Wildman–Crippen LogP) is 2.40. The van der Waals surface area contributed by atoms with Crippen molar-refractivity contribution in [1.82, 2.24) is 14.8 Å². The fourth-order valence-electron chi connectivity index (χ4n) is 3.97. The van der Waals surface area contributed by atoms with E-state index in [4.69, 9.17) is 9.15 Å². The van der Waals surface area contributed by atoms with Crippen LogP contribution in [0.4, 0.5) is 0 Å². The Balaban J connectivity index is 1.40. The highest BCUT2D eigenvalue weighted by Crippen LogP contribution is 2.34. The molecule has 4 heterocycles. The lowest BCUT2D eigenvalue weighted by Crippen LogP contribution is -2.40. The van der Waals surface area contributed by atoms with Crippen molar-refractivity contribution in [3.05, 3.63) is 54.2 Å². The lowest BCUT2D eigenvalue weighted by Gasteiger charge is -2.31. The van der Waals surface area contributed by atoms with E-state index in [-0.39, 0.29) is 5.41 Å². The van der Waals surface area contributed by atoms with Gasteiger partial charge in [-0.1, -0.05) is 6.07 Å². The van der Waals surface area contributed by atoms with E-state index < -0.39 is 0 Å². The minimum Gasteiger partial charge on any atom is -0.468 e. The Morgan fingerprint density at radius 3 is 2.75 bits per heavy atom. The fraction of sp³-hybridized carbons (Fsp3) is 0.526. The molecule has 0 aromatic carbocycles. The van der Waals surface area contributed by atoms with Gasteiger partial charge in [-0.2, -0.15) is 0 Å². The van der Waals surface area contributed by atoms with Crippen LogP contribution in [0, 0.1) is 5.41 Å². The van der Waals surface area contributed by atoms with Gasteiger partial charge in [0.25, 0.3) is 0 Å². The molecule has 2 aliphatic heterocycles. The Bertz CT molecular complexity index is 631. The van der Waals surface area contributed by atoms with Gasteiger partial charge in [-0.15, -0.1) is 0 Å². The molecule has 4 rings (SSSR count). The van der Waals surface area contributed by atoms with Gasteiger partial charge in [-0.25, -0.2) is 0 Å². The lowest BCUT2D eigenvalue weighted by atomic mass is 9.87. The summed E-state index contributed by atoms with van der Waals surface area (Å²) in [4.78, 5) is 9.48. The summed E-state index contributed by atoms with van der Waals surface area (Å²) in [5, 5.41) is 0. The monoisotopic (exact) mass is 327 g/mol. The molecule has 0 bridgehead atoms. The summed E-state index contributed by atoms with van der Waals surface area (Å²) in [6.45, 7) is 7.73. The van der Waals surface area contributed by atoms with E-state index in [0.29, 0.717) is 0 Å². The van der Waals surface area contributed by atoms with Crippen molar-refractivity contribution in [2.45, 2.75) is 19.5 Å². The van der Waals surface area contributed by atoms with Gasteiger partial charge >= 0.3 is 0 Å². The van der Waals surface area contributed by atoms with Crippen LogP contribution >= 0.6 is 0 Å². The zero-order valence-electron chi connectivity index (χ0n) is 14.1. The molecule has 5 nitrogen and oxygen atoms in total. The molecule has 2 fully saturated rings. The van der Waals surface area contributed by atoms with Gasteiger partial charge in [0.05, 0.1) is 31.7 Å². The van der Waals surface area contributed by atoms with Gasteiger partial charge in [0, 0.05) is 37.8 Å². The molecule has 2 aromatic heterocycles. The van der Waals surface area contributed by atoms with E-state index >= 15 is 0 Å². The van der Waals surface area contributed by atoms with E-state index in [2.05, 4.69) is 33.0 Å². The first-order valence-electron chi connectivity index (χ1n) is 8.76. The van der Waals surface area contributed by atoms with E-state index in [1.165, 1.54) is 6.42 Å². The van der Waals surface area contributed by atoms with Crippen molar-refractivity contribution in [1.29, 1.82) is 0 Å². The smallest absolute Gasteiger partial charge is 0.117 e. The number of hydrogen-bond donors (Lipinski definition) is 0. The van der Waals surface area contributed by atoms with Crippen molar-refractivity contribution < 1.29 is 9.15 Å².